The minimum atomic E-state index is -1.26. The Hall–Kier alpha value is -2.32. The van der Waals surface area contributed by atoms with E-state index < -0.39 is 35.0 Å². The van der Waals surface area contributed by atoms with E-state index >= 15 is 0 Å². The molecule has 0 aromatic heterocycles. The fraction of sp³-hybridized carbons (Fsp3) is 0.714. The zero-order valence-electron chi connectivity index (χ0n) is 14.4. The van der Waals surface area contributed by atoms with Crippen LogP contribution in [0.1, 0.15) is 34.6 Å². The van der Waals surface area contributed by atoms with Crippen molar-refractivity contribution in [2.75, 3.05) is 20.2 Å². The molecular weight excluding hydrogens is 306 g/mol. The summed E-state index contributed by atoms with van der Waals surface area (Å²) in [6.07, 6.45) is -0.736. The predicted molar refractivity (Wildman–Crippen MR) is 81.5 cm³/mol. The number of ether oxygens (including phenoxy) is 2. The standard InChI is InChI=1S/C14H25N3O6/c1-13(2,3)23-12(21)16-7-9(18)17-14(4,5)11(20)15-8-10(19)22-6/h7-8H2,1-6H3,(H,15,20)(H,16,21)(H,17,18). The van der Waals surface area contributed by atoms with Crippen molar-refractivity contribution in [1.29, 1.82) is 0 Å². The fourth-order valence-electron chi connectivity index (χ4n) is 1.36. The topological polar surface area (TPSA) is 123 Å². The second-order valence-corrected chi connectivity index (χ2v) is 6.29. The Morgan fingerprint density at radius 3 is 1.96 bits per heavy atom. The normalized spacial score (nSPS) is 11.2. The van der Waals surface area contributed by atoms with Crippen LogP contribution in [0.4, 0.5) is 4.79 Å². The van der Waals surface area contributed by atoms with Gasteiger partial charge in [0.15, 0.2) is 0 Å². The first-order valence-electron chi connectivity index (χ1n) is 7.00. The van der Waals surface area contributed by atoms with E-state index in [2.05, 4.69) is 20.7 Å². The van der Waals surface area contributed by atoms with E-state index in [0.717, 1.165) is 0 Å². The maximum atomic E-state index is 11.9. The average molecular weight is 331 g/mol. The van der Waals surface area contributed by atoms with E-state index in [-0.39, 0.29) is 13.1 Å². The molecule has 0 radical (unpaired) electrons. The van der Waals surface area contributed by atoms with Gasteiger partial charge in [0.2, 0.25) is 11.8 Å². The Labute approximate surface area is 135 Å². The number of nitrogens with one attached hydrogen (secondary N) is 3. The minimum Gasteiger partial charge on any atom is -0.468 e. The number of amides is 3. The summed E-state index contributed by atoms with van der Waals surface area (Å²) < 4.78 is 9.38. The van der Waals surface area contributed by atoms with Gasteiger partial charge in [-0.15, -0.1) is 0 Å². The smallest absolute Gasteiger partial charge is 0.408 e. The summed E-state index contributed by atoms with van der Waals surface area (Å²) in [7, 11) is 1.20. The Balaban J connectivity index is 4.33. The summed E-state index contributed by atoms with van der Waals surface area (Å²) in [5.74, 6) is -1.74. The van der Waals surface area contributed by atoms with E-state index in [4.69, 9.17) is 4.74 Å². The molecule has 0 saturated carbocycles. The van der Waals surface area contributed by atoms with Gasteiger partial charge in [-0.25, -0.2) is 4.79 Å². The van der Waals surface area contributed by atoms with Crippen molar-refractivity contribution >= 4 is 23.9 Å². The minimum absolute atomic E-state index is 0.301. The number of hydrogen-bond donors (Lipinski definition) is 3. The van der Waals surface area contributed by atoms with Crippen molar-refractivity contribution in [1.82, 2.24) is 16.0 Å². The summed E-state index contributed by atoms with van der Waals surface area (Å²) in [5.41, 5.74) is -1.94. The highest BCUT2D eigenvalue weighted by molar-refractivity contribution is 5.93. The third-order valence-electron chi connectivity index (χ3n) is 2.43. The number of esters is 1. The third kappa shape index (κ3) is 9.33. The molecule has 23 heavy (non-hydrogen) atoms. The van der Waals surface area contributed by atoms with Gasteiger partial charge in [0.05, 0.1) is 7.11 Å². The summed E-state index contributed by atoms with van der Waals surface area (Å²) >= 11 is 0. The molecule has 0 fully saturated rings. The number of carbonyl (C=O) groups excluding carboxylic acids is 4. The van der Waals surface area contributed by atoms with Gasteiger partial charge in [-0.2, -0.15) is 0 Å². The molecule has 0 saturated heterocycles. The zero-order chi connectivity index (χ0) is 18.3. The number of hydrogen-bond acceptors (Lipinski definition) is 6. The summed E-state index contributed by atoms with van der Waals surface area (Å²) in [6.45, 7) is 7.37. The number of rotatable bonds is 6. The van der Waals surface area contributed by atoms with Crippen LogP contribution in [-0.2, 0) is 23.9 Å². The van der Waals surface area contributed by atoms with Crippen molar-refractivity contribution in [2.45, 2.75) is 45.8 Å². The maximum absolute atomic E-state index is 11.9. The lowest BCUT2D eigenvalue weighted by atomic mass is 10.0. The summed E-state index contributed by atoms with van der Waals surface area (Å²) in [6, 6.07) is 0. The lowest BCUT2D eigenvalue weighted by Crippen LogP contribution is -2.57. The molecule has 0 aromatic rings. The quantitative estimate of drug-likeness (QED) is 0.574. The molecule has 9 nitrogen and oxygen atoms in total. The number of carbonyl (C=O) groups is 4. The SMILES string of the molecule is COC(=O)CNC(=O)C(C)(C)NC(=O)CNC(=O)OC(C)(C)C. The van der Waals surface area contributed by atoms with Crippen LogP contribution in [0.5, 0.6) is 0 Å². The maximum Gasteiger partial charge on any atom is 0.408 e. The molecule has 0 heterocycles. The van der Waals surface area contributed by atoms with Gasteiger partial charge >= 0.3 is 12.1 Å². The molecule has 9 heteroatoms. The first-order valence-corrected chi connectivity index (χ1v) is 7.00. The molecule has 0 spiro atoms. The van der Waals surface area contributed by atoms with E-state index in [1.807, 2.05) is 0 Å². The molecule has 0 bridgehead atoms. The van der Waals surface area contributed by atoms with Crippen molar-refractivity contribution in [3.8, 4) is 0 Å². The largest absolute Gasteiger partial charge is 0.468 e. The van der Waals surface area contributed by atoms with Crippen LogP contribution in [0.25, 0.3) is 0 Å². The lowest BCUT2D eigenvalue weighted by molar-refractivity contribution is -0.142. The first kappa shape index (κ1) is 20.7. The van der Waals surface area contributed by atoms with Gasteiger partial charge < -0.3 is 25.4 Å². The Bertz CT molecular complexity index is 468. The monoisotopic (exact) mass is 331 g/mol. The fourth-order valence-corrected chi connectivity index (χ4v) is 1.36. The molecule has 3 amide bonds. The van der Waals surface area contributed by atoms with Gasteiger partial charge in [-0.1, -0.05) is 0 Å². The second-order valence-electron chi connectivity index (χ2n) is 6.29. The Kier molecular flexibility index (Phi) is 7.51. The van der Waals surface area contributed by atoms with E-state index in [1.165, 1.54) is 21.0 Å². The summed E-state index contributed by atoms with van der Waals surface area (Å²) in [4.78, 5) is 46.1. The molecule has 0 unspecified atom stereocenters. The van der Waals surface area contributed by atoms with Crippen LogP contribution in [0, 0.1) is 0 Å². The van der Waals surface area contributed by atoms with Gasteiger partial charge in [-0.3, -0.25) is 14.4 Å². The Morgan fingerprint density at radius 2 is 1.48 bits per heavy atom. The van der Waals surface area contributed by atoms with Crippen LogP contribution in [0.15, 0.2) is 0 Å². The van der Waals surface area contributed by atoms with Gasteiger partial charge in [0, 0.05) is 0 Å². The Morgan fingerprint density at radius 1 is 0.913 bits per heavy atom. The van der Waals surface area contributed by atoms with Crippen molar-refractivity contribution in [2.24, 2.45) is 0 Å². The second kappa shape index (κ2) is 8.35. The zero-order valence-corrected chi connectivity index (χ0v) is 14.4. The summed E-state index contributed by atoms with van der Waals surface area (Å²) in [5, 5.41) is 7.06. The molecule has 0 aliphatic rings. The molecule has 0 atom stereocenters. The highest BCUT2D eigenvalue weighted by atomic mass is 16.6. The van der Waals surface area contributed by atoms with Crippen molar-refractivity contribution in [3.63, 3.8) is 0 Å². The molecular formula is C14H25N3O6. The average Bonchev–Trinajstić information content (AvgIpc) is 2.39. The van der Waals surface area contributed by atoms with Gasteiger partial charge in [0.25, 0.3) is 0 Å². The lowest BCUT2D eigenvalue weighted by Gasteiger charge is -2.25. The molecule has 0 aliphatic carbocycles. The molecule has 132 valence electrons. The molecule has 0 aliphatic heterocycles. The highest BCUT2D eigenvalue weighted by Crippen LogP contribution is 2.06. The van der Waals surface area contributed by atoms with E-state index in [0.29, 0.717) is 0 Å². The number of alkyl carbamates (subject to hydrolysis) is 1. The third-order valence-corrected chi connectivity index (χ3v) is 2.43. The molecule has 0 aromatic carbocycles. The van der Waals surface area contributed by atoms with Crippen molar-refractivity contribution < 1.29 is 28.7 Å². The highest BCUT2D eigenvalue weighted by Gasteiger charge is 2.29. The molecule has 3 N–H and O–H groups in total. The van der Waals surface area contributed by atoms with Crippen LogP contribution in [0.2, 0.25) is 0 Å². The first-order chi connectivity index (χ1) is 10.4. The van der Waals surface area contributed by atoms with E-state index in [9.17, 15) is 19.2 Å². The van der Waals surface area contributed by atoms with Crippen molar-refractivity contribution in [3.05, 3.63) is 0 Å². The van der Waals surface area contributed by atoms with Gasteiger partial charge in [0.1, 0.15) is 24.2 Å². The molecule has 0 rings (SSSR count). The van der Waals surface area contributed by atoms with Gasteiger partial charge in [-0.05, 0) is 34.6 Å². The van der Waals surface area contributed by atoms with Crippen LogP contribution in [0.3, 0.4) is 0 Å². The van der Waals surface area contributed by atoms with Crippen LogP contribution >= 0.6 is 0 Å². The van der Waals surface area contributed by atoms with Crippen LogP contribution in [-0.4, -0.2) is 55.2 Å². The van der Waals surface area contributed by atoms with Crippen LogP contribution < -0.4 is 16.0 Å². The van der Waals surface area contributed by atoms with E-state index in [1.54, 1.807) is 20.8 Å². The number of methoxy groups -OCH3 is 1. The predicted octanol–water partition coefficient (Wildman–Crippen LogP) is -0.305.